The predicted octanol–water partition coefficient (Wildman–Crippen LogP) is 0.736. The number of hydrogen-bond donors (Lipinski definition) is 2. The molecule has 19 heavy (non-hydrogen) atoms. The third-order valence-electron chi connectivity index (χ3n) is 3.62. The number of H-pyrrole nitrogens is 1. The number of amides is 1. The Hall–Kier alpha value is -2.18. The summed E-state index contributed by atoms with van der Waals surface area (Å²) in [4.78, 5) is 11.8. The van der Waals surface area contributed by atoms with Crippen molar-refractivity contribution in [2.45, 2.75) is 31.7 Å². The van der Waals surface area contributed by atoms with Gasteiger partial charge in [-0.3, -0.25) is 9.89 Å². The summed E-state index contributed by atoms with van der Waals surface area (Å²) < 4.78 is 1.98. The minimum Gasteiger partial charge on any atom is -0.343 e. The van der Waals surface area contributed by atoms with E-state index in [-0.39, 0.29) is 5.91 Å². The van der Waals surface area contributed by atoms with Crippen LogP contribution in [0, 0.1) is 0 Å². The number of rotatable bonds is 4. The van der Waals surface area contributed by atoms with Gasteiger partial charge in [0.1, 0.15) is 11.5 Å². The van der Waals surface area contributed by atoms with E-state index in [1.54, 1.807) is 12.3 Å². The predicted molar refractivity (Wildman–Crippen MR) is 67.4 cm³/mol. The summed E-state index contributed by atoms with van der Waals surface area (Å²) in [5.74, 6) is 2.15. The molecular formula is C12H16N6O. The highest BCUT2D eigenvalue weighted by Crippen LogP contribution is 2.34. The minimum absolute atomic E-state index is 0.189. The first-order chi connectivity index (χ1) is 9.25. The third kappa shape index (κ3) is 2.23. The molecular weight excluding hydrogens is 244 g/mol. The van der Waals surface area contributed by atoms with Gasteiger partial charge in [0.15, 0.2) is 5.82 Å². The fourth-order valence-corrected chi connectivity index (χ4v) is 2.19. The van der Waals surface area contributed by atoms with Gasteiger partial charge in [-0.25, -0.2) is 0 Å². The number of hydrogen-bond acceptors (Lipinski definition) is 4. The normalized spacial score (nSPS) is 15.2. The molecule has 1 amide bonds. The summed E-state index contributed by atoms with van der Waals surface area (Å²) in [5, 5.41) is 17.5. The number of nitrogens with zero attached hydrogens (tertiary/aromatic N) is 4. The standard InChI is InChI=1S/C12H16N6O/c1-18-10(16-17-11(18)8-3-2-4-8)7-13-12(19)9-5-6-14-15-9/h5-6,8H,2-4,7H2,1H3,(H,13,19)(H,14,15). The molecule has 2 aromatic heterocycles. The van der Waals surface area contributed by atoms with Crippen LogP contribution in [0.4, 0.5) is 0 Å². The Bertz CT molecular complexity index is 569. The molecule has 7 nitrogen and oxygen atoms in total. The SMILES string of the molecule is Cn1c(CNC(=O)c2ccn[nH]2)nnc1C1CCC1. The second kappa shape index (κ2) is 4.83. The van der Waals surface area contributed by atoms with Gasteiger partial charge < -0.3 is 9.88 Å². The Kier molecular flexibility index (Phi) is 3.02. The first kappa shape index (κ1) is 11.9. The van der Waals surface area contributed by atoms with E-state index < -0.39 is 0 Å². The molecule has 1 fully saturated rings. The van der Waals surface area contributed by atoms with Crippen LogP contribution in [-0.2, 0) is 13.6 Å². The average Bonchev–Trinajstić information content (AvgIpc) is 2.97. The molecule has 2 N–H and O–H groups in total. The van der Waals surface area contributed by atoms with Crippen LogP contribution >= 0.6 is 0 Å². The summed E-state index contributed by atoms with van der Waals surface area (Å²) in [6, 6.07) is 1.63. The van der Waals surface area contributed by atoms with Gasteiger partial charge in [0.05, 0.1) is 6.54 Å². The lowest BCUT2D eigenvalue weighted by Gasteiger charge is -2.24. The highest BCUT2D eigenvalue weighted by atomic mass is 16.1. The van der Waals surface area contributed by atoms with Gasteiger partial charge in [0, 0.05) is 19.2 Å². The van der Waals surface area contributed by atoms with Crippen LogP contribution in [0.5, 0.6) is 0 Å². The molecule has 0 aromatic carbocycles. The van der Waals surface area contributed by atoms with Gasteiger partial charge in [-0.05, 0) is 18.9 Å². The number of carbonyl (C=O) groups is 1. The van der Waals surface area contributed by atoms with E-state index in [2.05, 4.69) is 25.7 Å². The number of aromatic amines is 1. The second-order valence-corrected chi connectivity index (χ2v) is 4.81. The molecule has 0 bridgehead atoms. The summed E-state index contributed by atoms with van der Waals surface area (Å²) in [6.45, 7) is 0.369. The quantitative estimate of drug-likeness (QED) is 0.848. The van der Waals surface area contributed by atoms with E-state index in [1.165, 1.54) is 19.3 Å². The second-order valence-electron chi connectivity index (χ2n) is 4.81. The molecule has 1 aliphatic rings. The van der Waals surface area contributed by atoms with Crippen LogP contribution in [0.25, 0.3) is 0 Å². The molecule has 0 saturated heterocycles. The van der Waals surface area contributed by atoms with Crippen molar-refractivity contribution in [1.29, 1.82) is 0 Å². The molecule has 3 rings (SSSR count). The van der Waals surface area contributed by atoms with Gasteiger partial charge in [0.25, 0.3) is 5.91 Å². The van der Waals surface area contributed by atoms with Crippen molar-refractivity contribution in [2.75, 3.05) is 0 Å². The van der Waals surface area contributed by atoms with Gasteiger partial charge in [-0.15, -0.1) is 10.2 Å². The molecule has 100 valence electrons. The summed E-state index contributed by atoms with van der Waals surface area (Å²) in [5.41, 5.74) is 0.446. The number of aromatic nitrogens is 5. The van der Waals surface area contributed by atoms with E-state index >= 15 is 0 Å². The average molecular weight is 260 g/mol. The van der Waals surface area contributed by atoms with Crippen LogP contribution in [0.15, 0.2) is 12.3 Å². The molecule has 0 atom stereocenters. The zero-order chi connectivity index (χ0) is 13.2. The van der Waals surface area contributed by atoms with E-state index in [0.717, 1.165) is 11.6 Å². The molecule has 2 aromatic rings. The first-order valence-corrected chi connectivity index (χ1v) is 6.41. The Morgan fingerprint density at radius 3 is 3.00 bits per heavy atom. The summed E-state index contributed by atoms with van der Waals surface area (Å²) >= 11 is 0. The molecule has 1 saturated carbocycles. The zero-order valence-corrected chi connectivity index (χ0v) is 10.8. The maximum Gasteiger partial charge on any atom is 0.269 e. The first-order valence-electron chi connectivity index (χ1n) is 6.41. The molecule has 1 aliphatic carbocycles. The van der Waals surface area contributed by atoms with Gasteiger partial charge in [-0.2, -0.15) is 5.10 Å². The Labute approximate surface area is 110 Å². The molecule has 0 unspecified atom stereocenters. The molecule has 0 radical (unpaired) electrons. The maximum absolute atomic E-state index is 11.8. The number of carbonyl (C=O) groups excluding carboxylic acids is 1. The highest BCUT2D eigenvalue weighted by molar-refractivity contribution is 5.91. The fourth-order valence-electron chi connectivity index (χ4n) is 2.19. The van der Waals surface area contributed by atoms with Crippen molar-refractivity contribution in [1.82, 2.24) is 30.3 Å². The molecule has 0 spiro atoms. The monoisotopic (exact) mass is 260 g/mol. The van der Waals surface area contributed by atoms with Gasteiger partial charge in [0.2, 0.25) is 0 Å². The topological polar surface area (TPSA) is 88.5 Å². The van der Waals surface area contributed by atoms with E-state index in [9.17, 15) is 4.79 Å². The zero-order valence-electron chi connectivity index (χ0n) is 10.8. The summed E-state index contributed by atoms with van der Waals surface area (Å²) in [7, 11) is 1.95. The van der Waals surface area contributed by atoms with Crippen molar-refractivity contribution < 1.29 is 4.79 Å². The van der Waals surface area contributed by atoms with Crippen LogP contribution in [-0.4, -0.2) is 30.9 Å². The van der Waals surface area contributed by atoms with Crippen molar-refractivity contribution in [3.8, 4) is 0 Å². The smallest absolute Gasteiger partial charge is 0.269 e. The van der Waals surface area contributed by atoms with E-state index in [0.29, 0.717) is 18.2 Å². The van der Waals surface area contributed by atoms with Gasteiger partial charge >= 0.3 is 0 Å². The van der Waals surface area contributed by atoms with Crippen LogP contribution in [0.2, 0.25) is 0 Å². The molecule has 0 aliphatic heterocycles. The van der Waals surface area contributed by atoms with Crippen LogP contribution in [0.3, 0.4) is 0 Å². The van der Waals surface area contributed by atoms with Crippen molar-refractivity contribution in [3.63, 3.8) is 0 Å². The maximum atomic E-state index is 11.8. The minimum atomic E-state index is -0.189. The number of nitrogens with one attached hydrogen (secondary N) is 2. The third-order valence-corrected chi connectivity index (χ3v) is 3.62. The molecule has 7 heteroatoms. The Balaban J connectivity index is 1.64. The van der Waals surface area contributed by atoms with Crippen molar-refractivity contribution >= 4 is 5.91 Å². The Morgan fingerprint density at radius 1 is 1.53 bits per heavy atom. The van der Waals surface area contributed by atoms with Crippen LogP contribution < -0.4 is 5.32 Å². The lowest BCUT2D eigenvalue weighted by molar-refractivity contribution is 0.0944. The van der Waals surface area contributed by atoms with E-state index in [4.69, 9.17) is 0 Å². The van der Waals surface area contributed by atoms with Crippen molar-refractivity contribution in [2.24, 2.45) is 7.05 Å². The lowest BCUT2D eigenvalue weighted by Crippen LogP contribution is -2.25. The van der Waals surface area contributed by atoms with Gasteiger partial charge in [-0.1, -0.05) is 6.42 Å². The largest absolute Gasteiger partial charge is 0.343 e. The van der Waals surface area contributed by atoms with Crippen molar-refractivity contribution in [3.05, 3.63) is 29.6 Å². The van der Waals surface area contributed by atoms with E-state index in [1.807, 2.05) is 11.6 Å². The highest BCUT2D eigenvalue weighted by Gasteiger charge is 2.25. The summed E-state index contributed by atoms with van der Waals surface area (Å²) in [6.07, 6.45) is 5.19. The molecule has 2 heterocycles. The van der Waals surface area contributed by atoms with Crippen LogP contribution in [0.1, 0.15) is 47.3 Å². The Morgan fingerprint density at radius 2 is 2.37 bits per heavy atom. The lowest BCUT2D eigenvalue weighted by atomic mass is 9.85. The fraction of sp³-hybridized carbons (Fsp3) is 0.500.